The lowest BCUT2D eigenvalue weighted by Crippen LogP contribution is -2.45. The van der Waals surface area contributed by atoms with Crippen molar-refractivity contribution in [1.82, 2.24) is 5.32 Å². The number of amides is 1. The SMILES string of the molecule is CCCCCCC/C=C\C/C=C\C/C=C\CCCCCCCCCCCCCCCCCCCCCCCCC(=O)NC(CO)C(O)/C=C/CC/C=C/CC/C=C/CCCCCCCCC. The van der Waals surface area contributed by atoms with Gasteiger partial charge in [0.15, 0.2) is 0 Å². The molecule has 0 saturated heterocycles. The van der Waals surface area contributed by atoms with Crippen molar-refractivity contribution in [2.24, 2.45) is 0 Å². The first-order valence-corrected chi connectivity index (χ1v) is 29.2. The van der Waals surface area contributed by atoms with Gasteiger partial charge in [-0.1, -0.05) is 279 Å². The molecule has 0 aromatic rings. The number of aliphatic hydroxyl groups excluding tert-OH is 2. The monoisotopic (exact) mass is 920 g/mol. The molecular formula is C62H113NO3. The first kappa shape index (κ1) is 63.8. The average Bonchev–Trinajstić information content (AvgIpc) is 3.32. The van der Waals surface area contributed by atoms with Crippen LogP contribution in [0.3, 0.4) is 0 Å². The first-order valence-electron chi connectivity index (χ1n) is 29.2. The molecule has 2 atom stereocenters. The molecule has 0 fully saturated rings. The summed E-state index contributed by atoms with van der Waals surface area (Å²) in [6, 6.07) is -0.647. The van der Waals surface area contributed by atoms with Gasteiger partial charge in [-0.2, -0.15) is 0 Å². The molecule has 66 heavy (non-hydrogen) atoms. The fourth-order valence-electron chi connectivity index (χ4n) is 8.69. The molecule has 4 heteroatoms. The number of hydrogen-bond donors (Lipinski definition) is 3. The van der Waals surface area contributed by atoms with Crippen molar-refractivity contribution in [3.63, 3.8) is 0 Å². The van der Waals surface area contributed by atoms with Gasteiger partial charge in [-0.15, -0.1) is 0 Å². The van der Waals surface area contributed by atoms with Gasteiger partial charge in [-0.05, 0) is 83.5 Å². The molecule has 0 aromatic heterocycles. The Balaban J connectivity index is 3.47. The Bertz CT molecular complexity index is 1130. The van der Waals surface area contributed by atoms with Gasteiger partial charge in [0, 0.05) is 6.42 Å². The Labute approximate surface area is 412 Å². The zero-order valence-corrected chi connectivity index (χ0v) is 44.2. The van der Waals surface area contributed by atoms with Crippen LogP contribution in [0, 0.1) is 0 Å². The third kappa shape index (κ3) is 52.8. The molecule has 0 bridgehead atoms. The number of carbonyl (C=O) groups is 1. The van der Waals surface area contributed by atoms with Gasteiger partial charge in [-0.3, -0.25) is 4.79 Å². The van der Waals surface area contributed by atoms with E-state index >= 15 is 0 Å². The Hall–Kier alpha value is -2.17. The maximum Gasteiger partial charge on any atom is 0.220 e. The van der Waals surface area contributed by atoms with E-state index in [0.29, 0.717) is 6.42 Å². The van der Waals surface area contributed by atoms with Crippen molar-refractivity contribution < 1.29 is 15.0 Å². The second kappa shape index (κ2) is 57.1. The van der Waals surface area contributed by atoms with Crippen LogP contribution in [0.5, 0.6) is 0 Å². The number of nitrogens with one attached hydrogen (secondary N) is 1. The molecule has 4 nitrogen and oxygen atoms in total. The Morgan fingerprint density at radius 1 is 0.364 bits per heavy atom. The van der Waals surface area contributed by atoms with E-state index in [4.69, 9.17) is 0 Å². The summed E-state index contributed by atoms with van der Waals surface area (Å²) < 4.78 is 0. The summed E-state index contributed by atoms with van der Waals surface area (Å²) in [7, 11) is 0. The van der Waals surface area contributed by atoms with E-state index in [2.05, 4.69) is 79.9 Å². The lowest BCUT2D eigenvalue weighted by atomic mass is 10.0. The van der Waals surface area contributed by atoms with Crippen LogP contribution in [0.2, 0.25) is 0 Å². The van der Waals surface area contributed by atoms with E-state index in [9.17, 15) is 15.0 Å². The molecule has 0 aromatic carbocycles. The molecule has 0 aliphatic heterocycles. The third-order valence-corrected chi connectivity index (χ3v) is 13.1. The van der Waals surface area contributed by atoms with E-state index in [1.54, 1.807) is 6.08 Å². The van der Waals surface area contributed by atoms with Gasteiger partial charge < -0.3 is 15.5 Å². The van der Waals surface area contributed by atoms with E-state index in [-0.39, 0.29) is 12.5 Å². The topological polar surface area (TPSA) is 69.6 Å². The number of rotatable bonds is 53. The van der Waals surface area contributed by atoms with Crippen LogP contribution in [0.1, 0.15) is 296 Å². The summed E-state index contributed by atoms with van der Waals surface area (Å²) in [6.07, 6.45) is 82.2. The van der Waals surface area contributed by atoms with Gasteiger partial charge in [0.2, 0.25) is 5.91 Å². The minimum absolute atomic E-state index is 0.0756. The maximum atomic E-state index is 12.5. The Kier molecular flexibility index (Phi) is 55.3. The van der Waals surface area contributed by atoms with E-state index in [1.165, 1.54) is 225 Å². The van der Waals surface area contributed by atoms with Crippen molar-refractivity contribution >= 4 is 5.91 Å². The number of carbonyl (C=O) groups excluding carboxylic acids is 1. The van der Waals surface area contributed by atoms with E-state index in [0.717, 1.165) is 51.4 Å². The van der Waals surface area contributed by atoms with Crippen LogP contribution >= 0.6 is 0 Å². The van der Waals surface area contributed by atoms with Crippen LogP contribution < -0.4 is 5.32 Å². The van der Waals surface area contributed by atoms with Crippen LogP contribution in [0.15, 0.2) is 72.9 Å². The zero-order chi connectivity index (χ0) is 47.7. The highest BCUT2D eigenvalue weighted by molar-refractivity contribution is 5.76. The molecule has 2 unspecified atom stereocenters. The highest BCUT2D eigenvalue weighted by atomic mass is 16.3. The van der Waals surface area contributed by atoms with Gasteiger partial charge in [0.1, 0.15) is 0 Å². The van der Waals surface area contributed by atoms with Crippen molar-refractivity contribution in [2.75, 3.05) is 6.61 Å². The minimum Gasteiger partial charge on any atom is -0.394 e. The summed E-state index contributed by atoms with van der Waals surface area (Å²) in [5.74, 6) is -0.0756. The summed E-state index contributed by atoms with van der Waals surface area (Å²) in [5.41, 5.74) is 0. The Morgan fingerprint density at radius 3 is 0.985 bits per heavy atom. The van der Waals surface area contributed by atoms with Gasteiger partial charge >= 0.3 is 0 Å². The number of aliphatic hydroxyl groups is 2. The number of hydrogen-bond acceptors (Lipinski definition) is 3. The molecule has 0 rings (SSSR count). The third-order valence-electron chi connectivity index (χ3n) is 13.1. The maximum absolute atomic E-state index is 12.5. The normalized spacial score (nSPS) is 13.3. The van der Waals surface area contributed by atoms with Crippen molar-refractivity contribution in [3.8, 4) is 0 Å². The van der Waals surface area contributed by atoms with Gasteiger partial charge in [0.05, 0.1) is 18.8 Å². The van der Waals surface area contributed by atoms with Crippen LogP contribution in [0.25, 0.3) is 0 Å². The summed E-state index contributed by atoms with van der Waals surface area (Å²) in [4.78, 5) is 12.5. The summed E-state index contributed by atoms with van der Waals surface area (Å²) in [5, 5.41) is 23.1. The van der Waals surface area contributed by atoms with E-state index in [1.807, 2.05) is 6.08 Å². The molecular weight excluding hydrogens is 807 g/mol. The predicted octanol–water partition coefficient (Wildman–Crippen LogP) is 19.4. The van der Waals surface area contributed by atoms with Crippen LogP contribution in [-0.4, -0.2) is 34.9 Å². The lowest BCUT2D eigenvalue weighted by molar-refractivity contribution is -0.123. The molecule has 1 amide bonds. The average molecular weight is 921 g/mol. The highest BCUT2D eigenvalue weighted by Crippen LogP contribution is 2.16. The second-order valence-corrected chi connectivity index (χ2v) is 19.7. The van der Waals surface area contributed by atoms with Gasteiger partial charge in [-0.25, -0.2) is 0 Å². The van der Waals surface area contributed by atoms with Gasteiger partial charge in [0.25, 0.3) is 0 Å². The molecule has 0 aliphatic carbocycles. The quantitative estimate of drug-likeness (QED) is 0.0421. The summed E-state index contributed by atoms with van der Waals surface area (Å²) >= 11 is 0. The summed E-state index contributed by atoms with van der Waals surface area (Å²) in [6.45, 7) is 4.29. The standard InChI is InChI=1S/C62H113NO3/c1-3-5-7-9-11-13-15-17-19-21-22-23-24-25-26-27-28-29-30-31-32-33-34-35-36-37-38-39-40-42-44-46-48-50-52-54-56-58-62(66)63-60(59-64)61(65)57-55-53-51-49-47-45-43-41-20-18-16-14-12-10-8-6-4-2/h15,17,20-22,24-25,41,47,49,55,57,60-61,64-65H,3-14,16,18-19,23,26-40,42-46,48,50-54,56,58-59H2,1-2H3,(H,63,66)/b17-15-,22-21-,25-24-,41-20+,49-47+,57-55+. The zero-order valence-electron chi connectivity index (χ0n) is 44.2. The fourth-order valence-corrected chi connectivity index (χ4v) is 8.69. The predicted molar refractivity (Wildman–Crippen MR) is 294 cm³/mol. The Morgan fingerprint density at radius 2 is 0.636 bits per heavy atom. The number of unbranched alkanes of at least 4 members (excludes halogenated alkanes) is 36. The molecule has 384 valence electrons. The van der Waals surface area contributed by atoms with Crippen molar-refractivity contribution in [1.29, 1.82) is 0 Å². The largest absolute Gasteiger partial charge is 0.394 e. The van der Waals surface area contributed by atoms with Crippen LogP contribution in [-0.2, 0) is 4.79 Å². The molecule has 0 heterocycles. The second-order valence-electron chi connectivity index (χ2n) is 19.7. The smallest absolute Gasteiger partial charge is 0.220 e. The van der Waals surface area contributed by atoms with Crippen molar-refractivity contribution in [2.45, 2.75) is 309 Å². The van der Waals surface area contributed by atoms with Crippen LogP contribution in [0.4, 0.5) is 0 Å². The van der Waals surface area contributed by atoms with E-state index < -0.39 is 12.1 Å². The first-order chi connectivity index (χ1) is 32.7. The molecule has 3 N–H and O–H groups in total. The lowest BCUT2D eigenvalue weighted by Gasteiger charge is -2.19. The minimum atomic E-state index is -0.871. The fraction of sp³-hybridized carbons (Fsp3) is 0.790. The molecule has 0 radical (unpaired) electrons. The molecule has 0 aliphatic rings. The number of allylic oxidation sites excluding steroid dienone is 11. The van der Waals surface area contributed by atoms with Crippen molar-refractivity contribution in [3.05, 3.63) is 72.9 Å². The molecule has 0 spiro atoms. The highest BCUT2D eigenvalue weighted by Gasteiger charge is 2.18. The molecule has 0 saturated carbocycles.